The van der Waals surface area contributed by atoms with Gasteiger partial charge in [0.05, 0.1) is 6.54 Å². The maximum atomic E-state index is 6.05. The Labute approximate surface area is 173 Å². The molecule has 140 valence electrons. The number of benzene rings is 2. The number of hydrogen-bond donors (Lipinski definition) is 0. The third kappa shape index (κ3) is 4.61. The largest absolute Gasteiger partial charge is 0.298 e. The predicted octanol–water partition coefficient (Wildman–Crippen LogP) is 5.38. The number of nitrogens with zero attached hydrogens (tertiary/aromatic N) is 4. The maximum absolute atomic E-state index is 6.05. The Morgan fingerprint density at radius 1 is 0.821 bits per heavy atom. The molecular weight excluding hydrogens is 388 g/mol. The molecule has 0 unspecified atom stereocenters. The lowest BCUT2D eigenvalue weighted by atomic mass is 10.2. The van der Waals surface area contributed by atoms with Gasteiger partial charge in [-0.3, -0.25) is 9.55 Å². The van der Waals surface area contributed by atoms with E-state index in [-0.39, 0.29) is 0 Å². The normalized spacial score (nSPS) is 10.9. The summed E-state index contributed by atoms with van der Waals surface area (Å²) in [5, 5.41) is 10.6. The highest BCUT2D eigenvalue weighted by Gasteiger charge is 2.15. The smallest absolute Gasteiger partial charge is 0.191 e. The van der Waals surface area contributed by atoms with Crippen molar-refractivity contribution >= 4 is 23.4 Å². The van der Waals surface area contributed by atoms with E-state index in [1.54, 1.807) is 11.8 Å². The van der Waals surface area contributed by atoms with Gasteiger partial charge in [0, 0.05) is 28.7 Å². The molecule has 6 heteroatoms. The molecule has 0 fully saturated rings. The van der Waals surface area contributed by atoms with Gasteiger partial charge in [-0.05, 0) is 53.9 Å². The van der Waals surface area contributed by atoms with Gasteiger partial charge in [0.2, 0.25) is 0 Å². The Bertz CT molecular complexity index is 1020. The van der Waals surface area contributed by atoms with Crippen molar-refractivity contribution in [2.45, 2.75) is 18.1 Å². The van der Waals surface area contributed by atoms with Gasteiger partial charge in [0.15, 0.2) is 11.0 Å². The first-order valence-electron chi connectivity index (χ1n) is 9.04. The van der Waals surface area contributed by atoms with E-state index in [4.69, 9.17) is 11.6 Å². The number of halogens is 1. The molecule has 0 spiro atoms. The summed E-state index contributed by atoms with van der Waals surface area (Å²) in [4.78, 5) is 4.07. The highest BCUT2D eigenvalue weighted by Crippen LogP contribution is 2.26. The van der Waals surface area contributed by atoms with Crippen LogP contribution in [-0.4, -0.2) is 25.5 Å². The molecule has 0 bridgehead atoms. The second-order valence-electron chi connectivity index (χ2n) is 6.34. The minimum Gasteiger partial charge on any atom is -0.298 e. The molecule has 0 N–H and O–H groups in total. The number of aromatic nitrogens is 4. The number of hydrogen-bond acceptors (Lipinski definition) is 4. The van der Waals surface area contributed by atoms with Crippen molar-refractivity contribution in [1.29, 1.82) is 0 Å². The van der Waals surface area contributed by atoms with Gasteiger partial charge in [-0.2, -0.15) is 0 Å². The van der Waals surface area contributed by atoms with E-state index in [9.17, 15) is 0 Å². The monoisotopic (exact) mass is 406 g/mol. The average Bonchev–Trinajstić information content (AvgIpc) is 3.13. The van der Waals surface area contributed by atoms with E-state index in [0.717, 1.165) is 35.3 Å². The molecule has 4 rings (SSSR count). The van der Waals surface area contributed by atoms with Crippen LogP contribution in [0, 0.1) is 0 Å². The summed E-state index contributed by atoms with van der Waals surface area (Å²) in [6, 6.07) is 22.2. The topological polar surface area (TPSA) is 43.6 Å². The van der Waals surface area contributed by atoms with Crippen molar-refractivity contribution in [3.63, 3.8) is 0 Å². The molecule has 0 aliphatic carbocycles. The fourth-order valence-corrected chi connectivity index (χ4v) is 3.98. The van der Waals surface area contributed by atoms with Crippen LogP contribution in [-0.2, 0) is 13.0 Å². The Balaban J connectivity index is 1.59. The van der Waals surface area contributed by atoms with Gasteiger partial charge in [-0.25, -0.2) is 0 Å². The van der Waals surface area contributed by atoms with Crippen LogP contribution in [0.1, 0.15) is 11.1 Å². The van der Waals surface area contributed by atoms with Gasteiger partial charge in [-0.1, -0.05) is 53.7 Å². The standard InChI is InChI=1S/C22H19ClN4S/c23-20-8-6-19(7-9-20)21-25-26-22(27(21)16-18-4-2-1-3-5-18)28-15-12-17-10-13-24-14-11-17/h1-11,13-14H,12,15-16H2. The molecular formula is C22H19ClN4S. The molecule has 0 radical (unpaired) electrons. The minimum atomic E-state index is 0.713. The summed E-state index contributed by atoms with van der Waals surface area (Å²) in [7, 11) is 0. The Kier molecular flexibility index (Phi) is 6.04. The molecule has 0 amide bonds. The summed E-state index contributed by atoms with van der Waals surface area (Å²) in [6.45, 7) is 0.726. The fraction of sp³-hybridized carbons (Fsp3) is 0.136. The van der Waals surface area contributed by atoms with Crippen molar-refractivity contribution < 1.29 is 0 Å². The van der Waals surface area contributed by atoms with Crippen molar-refractivity contribution in [1.82, 2.24) is 19.7 Å². The van der Waals surface area contributed by atoms with Gasteiger partial charge in [0.25, 0.3) is 0 Å². The molecule has 2 heterocycles. The minimum absolute atomic E-state index is 0.713. The van der Waals surface area contributed by atoms with E-state index in [2.05, 4.69) is 44.0 Å². The molecule has 0 atom stereocenters. The third-order valence-corrected chi connectivity index (χ3v) is 5.59. The van der Waals surface area contributed by atoms with Crippen LogP contribution in [0.15, 0.2) is 84.3 Å². The first-order chi connectivity index (χ1) is 13.8. The van der Waals surface area contributed by atoms with E-state index < -0.39 is 0 Å². The summed E-state index contributed by atoms with van der Waals surface area (Å²) < 4.78 is 2.18. The average molecular weight is 407 g/mol. The van der Waals surface area contributed by atoms with Crippen LogP contribution in [0.2, 0.25) is 5.02 Å². The molecule has 28 heavy (non-hydrogen) atoms. The Morgan fingerprint density at radius 2 is 1.57 bits per heavy atom. The highest BCUT2D eigenvalue weighted by atomic mass is 35.5. The third-order valence-electron chi connectivity index (χ3n) is 4.37. The summed E-state index contributed by atoms with van der Waals surface area (Å²) in [5.74, 6) is 1.78. The van der Waals surface area contributed by atoms with Crippen LogP contribution in [0.3, 0.4) is 0 Å². The van der Waals surface area contributed by atoms with Gasteiger partial charge >= 0.3 is 0 Å². The van der Waals surface area contributed by atoms with Gasteiger partial charge < -0.3 is 0 Å². The lowest BCUT2D eigenvalue weighted by Gasteiger charge is -2.11. The van der Waals surface area contributed by atoms with Gasteiger partial charge in [0.1, 0.15) is 0 Å². The molecule has 4 nitrogen and oxygen atoms in total. The molecule has 0 saturated heterocycles. The van der Waals surface area contributed by atoms with Crippen LogP contribution in [0.5, 0.6) is 0 Å². The molecule has 0 aliphatic rings. The van der Waals surface area contributed by atoms with Crippen LogP contribution >= 0.6 is 23.4 Å². The highest BCUT2D eigenvalue weighted by molar-refractivity contribution is 7.99. The molecule has 4 aromatic rings. The van der Waals surface area contributed by atoms with Crippen molar-refractivity contribution in [2.75, 3.05) is 5.75 Å². The second kappa shape index (κ2) is 9.04. The van der Waals surface area contributed by atoms with Crippen LogP contribution in [0.4, 0.5) is 0 Å². The first kappa shape index (κ1) is 18.7. The fourth-order valence-electron chi connectivity index (χ4n) is 2.93. The molecule has 2 aromatic carbocycles. The lowest BCUT2D eigenvalue weighted by molar-refractivity contribution is 0.714. The zero-order valence-corrected chi connectivity index (χ0v) is 16.8. The predicted molar refractivity (Wildman–Crippen MR) is 115 cm³/mol. The summed E-state index contributed by atoms with van der Waals surface area (Å²) in [5.41, 5.74) is 3.50. The molecule has 0 aliphatic heterocycles. The van der Waals surface area contributed by atoms with E-state index >= 15 is 0 Å². The first-order valence-corrected chi connectivity index (χ1v) is 10.4. The quantitative estimate of drug-likeness (QED) is 0.386. The zero-order chi connectivity index (χ0) is 19.2. The number of rotatable bonds is 7. The van der Waals surface area contributed by atoms with Gasteiger partial charge in [-0.15, -0.1) is 10.2 Å². The van der Waals surface area contributed by atoms with E-state index in [0.29, 0.717) is 5.02 Å². The number of aryl methyl sites for hydroxylation is 1. The van der Waals surface area contributed by atoms with Crippen LogP contribution < -0.4 is 0 Å². The molecule has 2 aromatic heterocycles. The second-order valence-corrected chi connectivity index (χ2v) is 7.84. The van der Waals surface area contributed by atoms with E-state index in [1.807, 2.05) is 54.9 Å². The van der Waals surface area contributed by atoms with Crippen molar-refractivity contribution in [2.24, 2.45) is 0 Å². The summed E-state index contributed by atoms with van der Waals surface area (Å²) >= 11 is 7.77. The zero-order valence-electron chi connectivity index (χ0n) is 15.2. The van der Waals surface area contributed by atoms with Crippen molar-refractivity contribution in [3.8, 4) is 11.4 Å². The number of thioether (sulfide) groups is 1. The molecule has 0 saturated carbocycles. The van der Waals surface area contributed by atoms with E-state index in [1.165, 1.54) is 11.1 Å². The van der Waals surface area contributed by atoms with Crippen LogP contribution in [0.25, 0.3) is 11.4 Å². The number of pyridine rings is 1. The van der Waals surface area contributed by atoms with Crippen molar-refractivity contribution in [3.05, 3.63) is 95.3 Å². The Morgan fingerprint density at radius 3 is 2.32 bits per heavy atom. The Hall–Kier alpha value is -2.63. The lowest BCUT2D eigenvalue weighted by Crippen LogP contribution is -2.04. The maximum Gasteiger partial charge on any atom is 0.191 e. The summed E-state index contributed by atoms with van der Waals surface area (Å²) in [6.07, 6.45) is 4.62. The SMILES string of the molecule is Clc1ccc(-c2nnc(SCCc3ccncc3)n2Cc2ccccc2)cc1.